The summed E-state index contributed by atoms with van der Waals surface area (Å²) < 4.78 is 24.1. The fourth-order valence-electron chi connectivity index (χ4n) is 2.36. The number of rotatable bonds is 6. The van der Waals surface area contributed by atoms with E-state index >= 15 is 0 Å². The lowest BCUT2D eigenvalue weighted by molar-refractivity contribution is -0.120. The number of carbonyl (C=O) groups excluding carboxylic acids is 2. The van der Waals surface area contributed by atoms with Gasteiger partial charge >= 0.3 is 0 Å². The number of nitrogens with one attached hydrogen (secondary N) is 2. The van der Waals surface area contributed by atoms with Gasteiger partial charge in [-0.25, -0.2) is 4.39 Å². The maximum atomic E-state index is 14.0. The molecule has 2 amide bonds. The van der Waals surface area contributed by atoms with Gasteiger partial charge < -0.3 is 19.8 Å². The molecule has 1 heterocycles. The summed E-state index contributed by atoms with van der Waals surface area (Å²) in [5, 5.41) is 5.12. The Bertz CT molecular complexity index is 742. The van der Waals surface area contributed by atoms with Crippen LogP contribution in [-0.4, -0.2) is 25.5 Å². The van der Waals surface area contributed by atoms with Crippen molar-refractivity contribution >= 4 is 11.8 Å². The van der Waals surface area contributed by atoms with E-state index in [9.17, 15) is 14.0 Å². The summed E-state index contributed by atoms with van der Waals surface area (Å²) in [7, 11) is 1.43. The Kier molecular flexibility index (Phi) is 5.57. The Morgan fingerprint density at radius 1 is 1.33 bits per heavy atom. The predicted molar refractivity (Wildman–Crippen MR) is 85.3 cm³/mol. The summed E-state index contributed by atoms with van der Waals surface area (Å²) in [6.07, 6.45) is 1.40. The van der Waals surface area contributed by atoms with E-state index < -0.39 is 23.7 Å². The van der Waals surface area contributed by atoms with Crippen molar-refractivity contribution in [3.05, 3.63) is 53.2 Å². The Hall–Kier alpha value is -2.83. The van der Waals surface area contributed by atoms with Gasteiger partial charge in [-0.3, -0.25) is 9.59 Å². The van der Waals surface area contributed by atoms with E-state index in [4.69, 9.17) is 9.15 Å². The van der Waals surface area contributed by atoms with Gasteiger partial charge in [-0.2, -0.15) is 0 Å². The van der Waals surface area contributed by atoms with Gasteiger partial charge in [0.25, 0.3) is 5.91 Å². The van der Waals surface area contributed by atoms with E-state index in [2.05, 4.69) is 10.6 Å². The van der Waals surface area contributed by atoms with Crippen molar-refractivity contribution in [3.63, 3.8) is 0 Å². The standard InChI is InChI=1S/C17H19FN2O4/c1-10(16-13(18)5-4-6-14(16)23-3)20-15(21)9-19-17(22)12-7-8-24-11(12)2/h4-8,10H,9H2,1-3H3,(H,19,22)(H,20,21). The molecule has 128 valence electrons. The molecule has 6 nitrogen and oxygen atoms in total. The summed E-state index contributed by atoms with van der Waals surface area (Å²) in [5.74, 6) is -0.506. The number of amides is 2. The first-order chi connectivity index (χ1) is 11.4. The third-order valence-electron chi connectivity index (χ3n) is 3.56. The molecule has 1 atom stereocenters. The molecular weight excluding hydrogens is 315 g/mol. The molecule has 0 radical (unpaired) electrons. The largest absolute Gasteiger partial charge is 0.496 e. The van der Waals surface area contributed by atoms with Gasteiger partial charge in [-0.1, -0.05) is 6.07 Å². The number of ether oxygens (including phenoxy) is 1. The highest BCUT2D eigenvalue weighted by Gasteiger charge is 2.19. The summed E-state index contributed by atoms with van der Waals surface area (Å²) in [6.45, 7) is 3.06. The number of carbonyl (C=O) groups is 2. The summed E-state index contributed by atoms with van der Waals surface area (Å²) in [4.78, 5) is 23.9. The van der Waals surface area contributed by atoms with Crippen LogP contribution in [0.1, 0.15) is 34.6 Å². The van der Waals surface area contributed by atoms with Crippen LogP contribution in [0.4, 0.5) is 4.39 Å². The second-order valence-electron chi connectivity index (χ2n) is 5.22. The average molecular weight is 334 g/mol. The molecule has 0 bridgehead atoms. The number of aryl methyl sites for hydroxylation is 1. The predicted octanol–water partition coefficient (Wildman–Crippen LogP) is 2.34. The SMILES string of the molecule is COc1cccc(F)c1C(C)NC(=O)CNC(=O)c1ccoc1C. The fourth-order valence-corrected chi connectivity index (χ4v) is 2.36. The molecular formula is C17H19FN2O4. The molecule has 0 aliphatic rings. The van der Waals surface area contributed by atoms with E-state index in [1.165, 1.54) is 31.6 Å². The van der Waals surface area contributed by atoms with Crippen LogP contribution in [-0.2, 0) is 4.79 Å². The fraction of sp³-hybridized carbons (Fsp3) is 0.294. The van der Waals surface area contributed by atoms with Gasteiger partial charge in [-0.05, 0) is 32.0 Å². The van der Waals surface area contributed by atoms with Gasteiger partial charge in [0, 0.05) is 0 Å². The first-order valence-electron chi connectivity index (χ1n) is 7.38. The maximum absolute atomic E-state index is 14.0. The third kappa shape index (κ3) is 3.92. The van der Waals surface area contributed by atoms with E-state index in [0.29, 0.717) is 17.1 Å². The van der Waals surface area contributed by atoms with Gasteiger partial charge in [0.05, 0.1) is 37.1 Å². The van der Waals surface area contributed by atoms with Crippen molar-refractivity contribution in [2.24, 2.45) is 0 Å². The zero-order valence-corrected chi connectivity index (χ0v) is 13.7. The molecule has 0 spiro atoms. The van der Waals surface area contributed by atoms with E-state index in [1.807, 2.05) is 0 Å². The van der Waals surface area contributed by atoms with Crippen LogP contribution in [0, 0.1) is 12.7 Å². The number of methoxy groups -OCH3 is 1. The summed E-state index contributed by atoms with van der Waals surface area (Å²) in [5.41, 5.74) is 0.622. The zero-order chi connectivity index (χ0) is 17.7. The van der Waals surface area contributed by atoms with Crippen molar-refractivity contribution < 1.29 is 23.1 Å². The average Bonchev–Trinajstić information content (AvgIpc) is 2.98. The van der Waals surface area contributed by atoms with Crippen LogP contribution >= 0.6 is 0 Å². The molecule has 24 heavy (non-hydrogen) atoms. The van der Waals surface area contributed by atoms with Crippen LogP contribution in [0.5, 0.6) is 5.75 Å². The number of hydrogen-bond acceptors (Lipinski definition) is 4. The Morgan fingerprint density at radius 3 is 2.71 bits per heavy atom. The number of benzene rings is 1. The molecule has 0 aliphatic heterocycles. The Labute approximate surface area is 139 Å². The maximum Gasteiger partial charge on any atom is 0.255 e. The third-order valence-corrected chi connectivity index (χ3v) is 3.56. The number of halogens is 1. The van der Waals surface area contributed by atoms with Crippen molar-refractivity contribution in [3.8, 4) is 5.75 Å². The van der Waals surface area contributed by atoms with Crippen molar-refractivity contribution in [1.82, 2.24) is 10.6 Å². The van der Waals surface area contributed by atoms with Crippen molar-refractivity contribution in [2.45, 2.75) is 19.9 Å². The molecule has 1 aromatic carbocycles. The molecule has 2 N–H and O–H groups in total. The minimum atomic E-state index is -0.610. The molecule has 0 aliphatic carbocycles. The van der Waals surface area contributed by atoms with Gasteiger partial charge in [0.1, 0.15) is 17.3 Å². The van der Waals surface area contributed by atoms with Crippen LogP contribution < -0.4 is 15.4 Å². The van der Waals surface area contributed by atoms with Crippen LogP contribution in [0.2, 0.25) is 0 Å². The molecule has 0 saturated heterocycles. The molecule has 1 aromatic heterocycles. The van der Waals surface area contributed by atoms with E-state index in [1.54, 1.807) is 19.9 Å². The lowest BCUT2D eigenvalue weighted by Gasteiger charge is -2.18. The normalized spacial score (nSPS) is 11.7. The smallest absolute Gasteiger partial charge is 0.255 e. The second kappa shape index (κ2) is 7.63. The Morgan fingerprint density at radius 2 is 2.08 bits per heavy atom. The molecule has 0 fully saturated rings. The van der Waals surface area contributed by atoms with E-state index in [0.717, 1.165) is 0 Å². The van der Waals surface area contributed by atoms with Crippen LogP contribution in [0.25, 0.3) is 0 Å². The molecule has 7 heteroatoms. The first kappa shape index (κ1) is 17.5. The molecule has 1 unspecified atom stereocenters. The Balaban J connectivity index is 1.95. The molecule has 0 saturated carbocycles. The van der Waals surface area contributed by atoms with Crippen molar-refractivity contribution in [1.29, 1.82) is 0 Å². The monoisotopic (exact) mass is 334 g/mol. The number of hydrogen-bond donors (Lipinski definition) is 2. The van der Waals surface area contributed by atoms with Gasteiger partial charge in [0.15, 0.2) is 0 Å². The molecule has 2 aromatic rings. The minimum absolute atomic E-state index is 0.232. The van der Waals surface area contributed by atoms with Gasteiger partial charge in [-0.15, -0.1) is 0 Å². The van der Waals surface area contributed by atoms with E-state index in [-0.39, 0.29) is 12.1 Å². The first-order valence-corrected chi connectivity index (χ1v) is 7.38. The summed E-state index contributed by atoms with van der Waals surface area (Å²) in [6, 6.07) is 5.35. The highest BCUT2D eigenvalue weighted by Crippen LogP contribution is 2.27. The summed E-state index contributed by atoms with van der Waals surface area (Å²) >= 11 is 0. The second-order valence-corrected chi connectivity index (χ2v) is 5.22. The van der Waals surface area contributed by atoms with Crippen LogP contribution in [0.3, 0.4) is 0 Å². The lowest BCUT2D eigenvalue weighted by atomic mass is 10.1. The minimum Gasteiger partial charge on any atom is -0.496 e. The number of furan rings is 1. The van der Waals surface area contributed by atoms with Crippen LogP contribution in [0.15, 0.2) is 34.9 Å². The highest BCUT2D eigenvalue weighted by atomic mass is 19.1. The zero-order valence-electron chi connectivity index (χ0n) is 13.7. The van der Waals surface area contributed by atoms with Gasteiger partial charge in [0.2, 0.25) is 5.91 Å². The highest BCUT2D eigenvalue weighted by molar-refractivity contribution is 5.97. The quantitative estimate of drug-likeness (QED) is 0.850. The molecule has 2 rings (SSSR count). The van der Waals surface area contributed by atoms with Crippen molar-refractivity contribution in [2.75, 3.05) is 13.7 Å². The lowest BCUT2D eigenvalue weighted by Crippen LogP contribution is -2.38. The topological polar surface area (TPSA) is 80.6 Å².